The third-order valence-electron chi connectivity index (χ3n) is 5.51. The summed E-state index contributed by atoms with van der Waals surface area (Å²) in [7, 11) is 0. The van der Waals surface area contributed by atoms with E-state index in [1.807, 2.05) is 0 Å². The molecule has 1 fully saturated rings. The Bertz CT molecular complexity index is 567. The van der Waals surface area contributed by atoms with Crippen LogP contribution in [0.1, 0.15) is 74.1 Å². The Labute approximate surface area is 122 Å². The van der Waals surface area contributed by atoms with Crippen molar-refractivity contribution in [3.05, 3.63) is 28.3 Å². The van der Waals surface area contributed by atoms with E-state index in [4.69, 9.17) is 0 Å². The summed E-state index contributed by atoms with van der Waals surface area (Å²) < 4.78 is 0. The van der Waals surface area contributed by atoms with Crippen LogP contribution in [0.2, 0.25) is 0 Å². The van der Waals surface area contributed by atoms with Crippen LogP contribution in [0.25, 0.3) is 0 Å². The van der Waals surface area contributed by atoms with Gasteiger partial charge >= 0.3 is 0 Å². The smallest absolute Gasteiger partial charge is 0.221 e. The van der Waals surface area contributed by atoms with Gasteiger partial charge in [0.1, 0.15) is 0 Å². The molecule has 1 saturated carbocycles. The lowest BCUT2D eigenvalue weighted by Crippen LogP contribution is -2.18. The molecule has 20 heavy (non-hydrogen) atoms. The number of benzene rings is 1. The first-order valence-electron chi connectivity index (χ1n) is 7.87. The van der Waals surface area contributed by atoms with Crippen molar-refractivity contribution < 1.29 is 4.79 Å². The van der Waals surface area contributed by atoms with Crippen molar-refractivity contribution in [1.29, 1.82) is 0 Å². The molecule has 1 amide bonds. The van der Waals surface area contributed by atoms with Crippen LogP contribution in [0.15, 0.2) is 6.07 Å². The minimum Gasteiger partial charge on any atom is -0.326 e. The largest absolute Gasteiger partial charge is 0.326 e. The number of hydrogen-bond acceptors (Lipinski definition) is 1. The van der Waals surface area contributed by atoms with Crippen LogP contribution in [-0.2, 0) is 10.2 Å². The fraction of sp³-hybridized carbons (Fsp3) is 0.611. The third-order valence-corrected chi connectivity index (χ3v) is 5.51. The molecule has 2 aliphatic carbocycles. The minimum absolute atomic E-state index is 0.0421. The summed E-state index contributed by atoms with van der Waals surface area (Å²) in [4.78, 5) is 11.6. The zero-order valence-electron chi connectivity index (χ0n) is 13.1. The molecule has 3 rings (SSSR count). The second-order valence-electron chi connectivity index (χ2n) is 6.93. The lowest BCUT2D eigenvalue weighted by Gasteiger charge is -2.26. The first-order valence-corrected chi connectivity index (χ1v) is 7.87. The van der Waals surface area contributed by atoms with Crippen LogP contribution in [0.4, 0.5) is 5.69 Å². The minimum atomic E-state index is 0.0421. The van der Waals surface area contributed by atoms with Gasteiger partial charge in [-0.1, -0.05) is 25.8 Å². The number of aryl methyl sites for hydroxylation is 1. The van der Waals surface area contributed by atoms with Crippen LogP contribution in [0, 0.1) is 13.8 Å². The Hall–Kier alpha value is -1.31. The Morgan fingerprint density at radius 1 is 1.30 bits per heavy atom. The first-order chi connectivity index (χ1) is 9.44. The summed E-state index contributed by atoms with van der Waals surface area (Å²) in [6, 6.07) is 2.41. The van der Waals surface area contributed by atoms with E-state index >= 15 is 0 Å². The monoisotopic (exact) mass is 271 g/mol. The number of nitrogens with one attached hydrogen (secondary N) is 1. The number of carbonyl (C=O) groups is 1. The van der Waals surface area contributed by atoms with Crippen LogP contribution >= 0.6 is 0 Å². The van der Waals surface area contributed by atoms with Gasteiger partial charge in [0, 0.05) is 12.6 Å². The molecule has 0 aromatic heterocycles. The summed E-state index contributed by atoms with van der Waals surface area (Å²) in [6.07, 6.45) is 6.62. The van der Waals surface area contributed by atoms with Gasteiger partial charge in [0.25, 0.3) is 0 Å². The molecule has 1 aromatic rings. The van der Waals surface area contributed by atoms with Gasteiger partial charge in [-0.05, 0) is 66.7 Å². The molecule has 0 aliphatic heterocycles. The molecule has 1 atom stereocenters. The van der Waals surface area contributed by atoms with Crippen molar-refractivity contribution in [1.82, 2.24) is 0 Å². The van der Waals surface area contributed by atoms with Gasteiger partial charge in [0.05, 0.1) is 0 Å². The van der Waals surface area contributed by atoms with E-state index in [2.05, 4.69) is 32.2 Å². The number of anilines is 1. The molecule has 0 saturated heterocycles. The van der Waals surface area contributed by atoms with Gasteiger partial charge in [-0.15, -0.1) is 0 Å². The molecule has 2 heteroatoms. The fourth-order valence-electron chi connectivity index (χ4n) is 4.55. The SMILES string of the molecule is CC(=O)Nc1c(C)c(C)cc2c1C(C)CC21CCCC1. The highest BCUT2D eigenvalue weighted by atomic mass is 16.1. The van der Waals surface area contributed by atoms with Crippen LogP contribution in [0.3, 0.4) is 0 Å². The summed E-state index contributed by atoms with van der Waals surface area (Å²) in [5.41, 5.74) is 7.01. The first kappa shape index (κ1) is 13.7. The van der Waals surface area contributed by atoms with E-state index < -0.39 is 0 Å². The summed E-state index contributed by atoms with van der Waals surface area (Å²) in [5, 5.41) is 3.11. The van der Waals surface area contributed by atoms with Crippen molar-refractivity contribution >= 4 is 11.6 Å². The zero-order valence-corrected chi connectivity index (χ0v) is 13.1. The molecular weight excluding hydrogens is 246 g/mol. The summed E-state index contributed by atoms with van der Waals surface area (Å²) >= 11 is 0. The number of amides is 1. The molecule has 108 valence electrons. The van der Waals surface area contributed by atoms with Gasteiger partial charge in [-0.3, -0.25) is 4.79 Å². The highest BCUT2D eigenvalue weighted by Crippen LogP contribution is 2.57. The lowest BCUT2D eigenvalue weighted by atomic mass is 9.79. The molecule has 1 aromatic carbocycles. The van der Waals surface area contributed by atoms with Crippen molar-refractivity contribution in [3.63, 3.8) is 0 Å². The van der Waals surface area contributed by atoms with E-state index in [0.717, 1.165) is 5.69 Å². The summed E-state index contributed by atoms with van der Waals surface area (Å²) in [6.45, 7) is 8.24. The maximum absolute atomic E-state index is 11.6. The highest BCUT2D eigenvalue weighted by molar-refractivity contribution is 5.91. The molecule has 1 unspecified atom stereocenters. The second-order valence-corrected chi connectivity index (χ2v) is 6.93. The molecule has 2 aliphatic rings. The summed E-state index contributed by atoms with van der Waals surface area (Å²) in [5.74, 6) is 0.602. The van der Waals surface area contributed by atoms with E-state index in [0.29, 0.717) is 11.3 Å². The number of rotatable bonds is 1. The van der Waals surface area contributed by atoms with E-state index in [-0.39, 0.29) is 5.91 Å². The second kappa shape index (κ2) is 4.61. The van der Waals surface area contributed by atoms with Gasteiger partial charge in [-0.2, -0.15) is 0 Å². The van der Waals surface area contributed by atoms with Crippen molar-refractivity contribution in [2.75, 3.05) is 5.32 Å². The van der Waals surface area contributed by atoms with Crippen molar-refractivity contribution in [2.24, 2.45) is 0 Å². The van der Waals surface area contributed by atoms with Crippen LogP contribution < -0.4 is 5.32 Å². The average molecular weight is 271 g/mol. The van der Waals surface area contributed by atoms with Crippen molar-refractivity contribution in [3.8, 4) is 0 Å². The van der Waals surface area contributed by atoms with Crippen LogP contribution in [-0.4, -0.2) is 5.91 Å². The van der Waals surface area contributed by atoms with Crippen LogP contribution in [0.5, 0.6) is 0 Å². The fourth-order valence-corrected chi connectivity index (χ4v) is 4.55. The average Bonchev–Trinajstić information content (AvgIpc) is 2.92. The molecule has 1 N–H and O–H groups in total. The topological polar surface area (TPSA) is 29.1 Å². The number of fused-ring (bicyclic) bond motifs is 2. The lowest BCUT2D eigenvalue weighted by molar-refractivity contribution is -0.114. The standard InChI is InChI=1S/C18H25NO/c1-11-9-15-16(17(13(11)3)19-14(4)20)12(2)10-18(15)7-5-6-8-18/h9,12H,5-8,10H2,1-4H3,(H,19,20). The van der Waals surface area contributed by atoms with E-state index in [9.17, 15) is 4.79 Å². The molecule has 2 nitrogen and oxygen atoms in total. The predicted octanol–water partition coefficient (Wildman–Crippen LogP) is 4.58. The predicted molar refractivity (Wildman–Crippen MR) is 83.4 cm³/mol. The van der Waals surface area contributed by atoms with Gasteiger partial charge in [0.15, 0.2) is 0 Å². The Morgan fingerprint density at radius 2 is 1.95 bits per heavy atom. The molecule has 0 bridgehead atoms. The Morgan fingerprint density at radius 3 is 2.55 bits per heavy atom. The molecule has 1 spiro atoms. The van der Waals surface area contributed by atoms with E-state index in [1.165, 1.54) is 54.4 Å². The zero-order chi connectivity index (χ0) is 14.5. The van der Waals surface area contributed by atoms with Gasteiger partial charge < -0.3 is 5.32 Å². The number of carbonyl (C=O) groups excluding carboxylic acids is 1. The molecule has 0 heterocycles. The number of hydrogen-bond donors (Lipinski definition) is 1. The maximum Gasteiger partial charge on any atom is 0.221 e. The van der Waals surface area contributed by atoms with E-state index in [1.54, 1.807) is 6.92 Å². The molecule has 0 radical (unpaired) electrons. The van der Waals surface area contributed by atoms with Crippen molar-refractivity contribution in [2.45, 2.75) is 71.1 Å². The quantitative estimate of drug-likeness (QED) is 0.795. The highest BCUT2D eigenvalue weighted by Gasteiger charge is 2.45. The third kappa shape index (κ3) is 1.88. The normalized spacial score (nSPS) is 23.1. The van der Waals surface area contributed by atoms with Gasteiger partial charge in [-0.25, -0.2) is 0 Å². The maximum atomic E-state index is 11.6. The van der Waals surface area contributed by atoms with Gasteiger partial charge in [0.2, 0.25) is 5.91 Å². The Balaban J connectivity index is 2.20. The Kier molecular flexibility index (Phi) is 3.15. The molecular formula is C18H25NO.